The first kappa shape index (κ1) is 18.4. The second-order valence-corrected chi connectivity index (χ2v) is 6.86. The number of aromatic nitrogens is 4. The fourth-order valence-electron chi connectivity index (χ4n) is 2.77. The molecule has 2 heterocycles. The molecular formula is C17H20BrN5O3. The first-order valence-electron chi connectivity index (χ1n) is 8.07. The maximum atomic E-state index is 12.7. The zero-order valence-electron chi connectivity index (χ0n) is 14.8. The summed E-state index contributed by atoms with van der Waals surface area (Å²) in [5, 5.41) is 3.18. The number of hydrogen-bond donors (Lipinski definition) is 1. The third-order valence-electron chi connectivity index (χ3n) is 4.19. The van der Waals surface area contributed by atoms with Gasteiger partial charge in [0.1, 0.15) is 0 Å². The van der Waals surface area contributed by atoms with Gasteiger partial charge in [-0.15, -0.1) is 0 Å². The number of aryl methyl sites for hydroxylation is 1. The quantitative estimate of drug-likeness (QED) is 0.606. The summed E-state index contributed by atoms with van der Waals surface area (Å²) >= 11 is 3.42. The van der Waals surface area contributed by atoms with Crippen LogP contribution in [0.5, 0.6) is 0 Å². The predicted octanol–water partition coefficient (Wildman–Crippen LogP) is 1.30. The van der Waals surface area contributed by atoms with Gasteiger partial charge in [-0.1, -0.05) is 28.1 Å². The van der Waals surface area contributed by atoms with E-state index in [-0.39, 0.29) is 5.56 Å². The molecule has 2 aromatic heterocycles. The number of ether oxygens (including phenoxy) is 1. The Morgan fingerprint density at radius 2 is 1.85 bits per heavy atom. The van der Waals surface area contributed by atoms with Crippen LogP contribution >= 0.6 is 15.9 Å². The molecule has 0 aliphatic rings. The zero-order chi connectivity index (χ0) is 18.8. The van der Waals surface area contributed by atoms with Crippen LogP contribution in [-0.2, 0) is 25.4 Å². The van der Waals surface area contributed by atoms with E-state index in [1.807, 2.05) is 24.3 Å². The lowest BCUT2D eigenvalue weighted by molar-refractivity contribution is 0.210. The van der Waals surface area contributed by atoms with Crippen molar-refractivity contribution in [1.82, 2.24) is 18.7 Å². The summed E-state index contributed by atoms with van der Waals surface area (Å²) in [6.07, 6.45) is 0. The van der Waals surface area contributed by atoms with Gasteiger partial charge in [0, 0.05) is 32.2 Å². The fourth-order valence-corrected chi connectivity index (χ4v) is 3.04. The summed E-state index contributed by atoms with van der Waals surface area (Å²) in [6.45, 7) is 1.49. The van der Waals surface area contributed by atoms with Crippen molar-refractivity contribution in [1.29, 1.82) is 0 Å². The molecule has 1 aromatic carbocycles. The number of halogens is 1. The third kappa shape index (κ3) is 3.32. The average molecular weight is 422 g/mol. The number of imidazole rings is 1. The van der Waals surface area contributed by atoms with Crippen molar-refractivity contribution >= 4 is 33.0 Å². The van der Waals surface area contributed by atoms with Crippen LogP contribution in [0, 0.1) is 0 Å². The molecule has 0 spiro atoms. The van der Waals surface area contributed by atoms with E-state index in [2.05, 4.69) is 26.2 Å². The molecule has 138 valence electrons. The van der Waals surface area contributed by atoms with Crippen molar-refractivity contribution in [3.05, 3.63) is 55.1 Å². The van der Waals surface area contributed by atoms with Crippen LogP contribution in [0.3, 0.4) is 0 Å². The third-order valence-corrected chi connectivity index (χ3v) is 4.72. The molecule has 0 amide bonds. The van der Waals surface area contributed by atoms with E-state index >= 15 is 0 Å². The molecule has 0 bridgehead atoms. The number of anilines is 1. The van der Waals surface area contributed by atoms with Crippen molar-refractivity contribution < 1.29 is 4.74 Å². The Balaban J connectivity index is 2.19. The molecular weight excluding hydrogens is 402 g/mol. The highest BCUT2D eigenvalue weighted by Gasteiger charge is 2.19. The van der Waals surface area contributed by atoms with Crippen LogP contribution < -0.4 is 16.6 Å². The van der Waals surface area contributed by atoms with Crippen molar-refractivity contribution in [2.24, 2.45) is 14.1 Å². The summed E-state index contributed by atoms with van der Waals surface area (Å²) < 4.78 is 10.3. The minimum atomic E-state index is -0.403. The van der Waals surface area contributed by atoms with Crippen LogP contribution in [0.25, 0.3) is 11.2 Å². The maximum Gasteiger partial charge on any atom is 0.332 e. The largest absolute Gasteiger partial charge is 0.383 e. The van der Waals surface area contributed by atoms with Gasteiger partial charge in [-0.05, 0) is 17.7 Å². The van der Waals surface area contributed by atoms with Crippen molar-refractivity contribution in [3.63, 3.8) is 0 Å². The molecule has 0 aliphatic carbocycles. The average Bonchev–Trinajstić information content (AvgIpc) is 2.99. The minimum Gasteiger partial charge on any atom is -0.383 e. The Bertz CT molecular complexity index is 1050. The summed E-state index contributed by atoms with van der Waals surface area (Å²) in [5.41, 5.74) is 0.984. The van der Waals surface area contributed by atoms with Gasteiger partial charge >= 0.3 is 5.69 Å². The van der Waals surface area contributed by atoms with E-state index < -0.39 is 5.69 Å². The van der Waals surface area contributed by atoms with Crippen molar-refractivity contribution in [2.75, 3.05) is 25.6 Å². The number of hydrogen-bond acceptors (Lipinski definition) is 5. The summed E-state index contributed by atoms with van der Waals surface area (Å²) in [4.78, 5) is 29.4. The van der Waals surface area contributed by atoms with E-state index in [1.54, 1.807) is 18.7 Å². The molecule has 0 unspecified atom stereocenters. The zero-order valence-corrected chi connectivity index (χ0v) is 16.4. The van der Waals surface area contributed by atoms with Gasteiger partial charge in [-0.2, -0.15) is 4.98 Å². The first-order valence-corrected chi connectivity index (χ1v) is 8.87. The van der Waals surface area contributed by atoms with Gasteiger partial charge in [0.15, 0.2) is 11.2 Å². The number of fused-ring (bicyclic) bond motifs is 1. The molecule has 0 atom stereocenters. The second-order valence-electron chi connectivity index (χ2n) is 5.95. The highest BCUT2D eigenvalue weighted by molar-refractivity contribution is 9.10. The Morgan fingerprint density at radius 1 is 1.15 bits per heavy atom. The van der Waals surface area contributed by atoms with Gasteiger partial charge in [0.05, 0.1) is 13.2 Å². The van der Waals surface area contributed by atoms with Crippen LogP contribution in [0.15, 0.2) is 38.3 Å². The predicted molar refractivity (Wildman–Crippen MR) is 104 cm³/mol. The summed E-state index contributed by atoms with van der Waals surface area (Å²) in [6, 6.07) is 7.84. The van der Waals surface area contributed by atoms with Crippen LogP contribution in [0.4, 0.5) is 5.95 Å². The number of benzene rings is 1. The number of nitrogens with one attached hydrogen (secondary N) is 1. The Hall–Kier alpha value is -2.39. The molecule has 0 radical (unpaired) electrons. The normalized spacial score (nSPS) is 11.2. The van der Waals surface area contributed by atoms with Crippen LogP contribution in [0.1, 0.15) is 5.56 Å². The monoisotopic (exact) mass is 421 g/mol. The molecule has 26 heavy (non-hydrogen) atoms. The SMILES string of the molecule is COCCNc1nc2c(c(=O)n(C)c(=O)n2C)n1Cc1ccc(Br)cc1. The van der Waals surface area contributed by atoms with Crippen LogP contribution in [0.2, 0.25) is 0 Å². The highest BCUT2D eigenvalue weighted by Crippen LogP contribution is 2.19. The Morgan fingerprint density at radius 3 is 2.50 bits per heavy atom. The number of methoxy groups -OCH3 is 1. The lowest BCUT2D eigenvalue weighted by Gasteiger charge is -2.11. The smallest absolute Gasteiger partial charge is 0.332 e. The number of nitrogens with zero attached hydrogens (tertiary/aromatic N) is 4. The fraction of sp³-hybridized carbons (Fsp3) is 0.353. The minimum absolute atomic E-state index is 0.357. The van der Waals surface area contributed by atoms with Gasteiger partial charge < -0.3 is 10.1 Å². The Kier molecular flexibility index (Phi) is 5.28. The highest BCUT2D eigenvalue weighted by atomic mass is 79.9. The molecule has 8 nitrogen and oxygen atoms in total. The lowest BCUT2D eigenvalue weighted by Crippen LogP contribution is -2.37. The molecule has 9 heteroatoms. The molecule has 3 aromatic rings. The molecule has 0 saturated carbocycles. The molecule has 0 saturated heterocycles. The molecule has 1 N–H and O–H groups in total. The lowest BCUT2D eigenvalue weighted by atomic mass is 10.2. The molecule has 0 aliphatic heterocycles. The Labute approximate surface area is 158 Å². The van der Waals surface area contributed by atoms with E-state index in [9.17, 15) is 9.59 Å². The standard InChI is InChI=1S/C17H20BrN5O3/c1-21-14-13(15(24)22(2)17(21)25)23(16(20-14)19-8-9-26-3)10-11-4-6-12(18)7-5-11/h4-7H,8-10H2,1-3H3,(H,19,20). The van der Waals surface area contributed by atoms with Crippen LogP contribution in [-0.4, -0.2) is 38.9 Å². The topological polar surface area (TPSA) is 83.1 Å². The maximum absolute atomic E-state index is 12.7. The van der Waals surface area contributed by atoms with Gasteiger partial charge in [0.25, 0.3) is 5.56 Å². The first-order chi connectivity index (χ1) is 12.4. The molecule has 0 fully saturated rings. The van der Waals surface area contributed by atoms with Crippen molar-refractivity contribution in [2.45, 2.75) is 6.54 Å². The second kappa shape index (κ2) is 7.46. The van der Waals surface area contributed by atoms with Gasteiger partial charge in [-0.25, -0.2) is 4.79 Å². The van der Waals surface area contributed by atoms with Gasteiger partial charge in [-0.3, -0.25) is 18.5 Å². The van der Waals surface area contributed by atoms with E-state index in [0.29, 0.717) is 36.8 Å². The molecule has 3 rings (SSSR count). The van der Waals surface area contributed by atoms with Crippen molar-refractivity contribution in [3.8, 4) is 0 Å². The van der Waals surface area contributed by atoms with Gasteiger partial charge in [0.2, 0.25) is 5.95 Å². The van der Waals surface area contributed by atoms with E-state index in [4.69, 9.17) is 4.74 Å². The van der Waals surface area contributed by atoms with E-state index in [0.717, 1.165) is 14.6 Å². The summed E-state index contributed by atoms with van der Waals surface area (Å²) in [5.74, 6) is 0.526. The summed E-state index contributed by atoms with van der Waals surface area (Å²) in [7, 11) is 4.70. The number of rotatable bonds is 6. The van der Waals surface area contributed by atoms with E-state index in [1.165, 1.54) is 11.6 Å².